The molecule has 0 bridgehead atoms. The van der Waals surface area contributed by atoms with Crippen molar-refractivity contribution in [2.45, 2.75) is 19.3 Å². The molecule has 6 nitrogen and oxygen atoms in total. The summed E-state index contributed by atoms with van der Waals surface area (Å²) in [4.78, 5) is 38.9. The number of primary amides is 1. The molecule has 0 saturated carbocycles. The third-order valence-electron chi connectivity index (χ3n) is 5.42. The second-order valence-corrected chi connectivity index (χ2v) is 7.41. The predicted molar refractivity (Wildman–Crippen MR) is 110 cm³/mol. The number of nitrogens with zero attached hydrogens (tertiary/aromatic N) is 1. The Kier molecular flexibility index (Phi) is 5.16. The summed E-state index contributed by atoms with van der Waals surface area (Å²) in [5, 5.41) is 0.815. The van der Waals surface area contributed by atoms with E-state index in [9.17, 15) is 14.4 Å². The highest BCUT2D eigenvalue weighted by atomic mass is 16.4. The zero-order valence-electron chi connectivity index (χ0n) is 16.0. The van der Waals surface area contributed by atoms with Crippen LogP contribution in [0.1, 0.15) is 29.6 Å². The Balaban J connectivity index is 1.67. The minimum Gasteiger partial charge on any atom is -0.422 e. The van der Waals surface area contributed by atoms with E-state index in [4.69, 9.17) is 10.2 Å². The molecular weight excluding hydrogens is 368 g/mol. The van der Waals surface area contributed by atoms with Gasteiger partial charge >= 0.3 is 5.63 Å². The van der Waals surface area contributed by atoms with E-state index >= 15 is 0 Å². The first kappa shape index (κ1) is 18.9. The highest BCUT2D eigenvalue weighted by Crippen LogP contribution is 2.24. The SMILES string of the molecule is NC(=O)C1CCCCN(C(=O)c2cccc(-c3cc4ccccc4oc3=O)c2)C1. The number of nitrogens with two attached hydrogens (primary N) is 1. The van der Waals surface area contributed by atoms with Gasteiger partial charge in [-0.25, -0.2) is 4.79 Å². The monoisotopic (exact) mass is 390 g/mol. The standard InChI is InChI=1S/C23H22N2O4/c24-21(26)18-7-3-4-11-25(14-18)22(27)17-9-5-8-15(12-17)19-13-16-6-1-2-10-20(16)29-23(19)28/h1-2,5-6,8-10,12-13,18H,3-4,7,11,14H2,(H2,24,26). The van der Waals surface area contributed by atoms with E-state index in [1.54, 1.807) is 41.3 Å². The van der Waals surface area contributed by atoms with Crippen LogP contribution in [0.4, 0.5) is 0 Å². The van der Waals surface area contributed by atoms with E-state index < -0.39 is 5.63 Å². The molecule has 1 unspecified atom stereocenters. The smallest absolute Gasteiger partial charge is 0.344 e. The fourth-order valence-corrected chi connectivity index (χ4v) is 3.82. The van der Waals surface area contributed by atoms with Crippen molar-refractivity contribution in [3.63, 3.8) is 0 Å². The molecule has 1 saturated heterocycles. The van der Waals surface area contributed by atoms with Crippen molar-refractivity contribution < 1.29 is 14.0 Å². The number of carbonyl (C=O) groups is 2. The zero-order chi connectivity index (χ0) is 20.4. The summed E-state index contributed by atoms with van der Waals surface area (Å²) in [6.45, 7) is 0.918. The van der Waals surface area contributed by atoms with Crippen LogP contribution in [0.3, 0.4) is 0 Å². The summed E-state index contributed by atoms with van der Waals surface area (Å²) >= 11 is 0. The van der Waals surface area contributed by atoms with Gasteiger partial charge in [-0.15, -0.1) is 0 Å². The molecular formula is C23H22N2O4. The molecule has 1 aromatic heterocycles. The third-order valence-corrected chi connectivity index (χ3v) is 5.42. The van der Waals surface area contributed by atoms with Crippen LogP contribution in [0, 0.1) is 5.92 Å². The Morgan fingerprint density at radius 3 is 2.69 bits per heavy atom. The molecule has 2 N–H and O–H groups in total. The van der Waals surface area contributed by atoms with E-state index in [2.05, 4.69) is 0 Å². The molecule has 1 atom stereocenters. The van der Waals surface area contributed by atoms with Crippen molar-refractivity contribution in [1.82, 2.24) is 4.90 Å². The van der Waals surface area contributed by atoms with Crippen LogP contribution in [0.5, 0.6) is 0 Å². The first-order valence-electron chi connectivity index (χ1n) is 9.75. The van der Waals surface area contributed by atoms with Crippen LogP contribution >= 0.6 is 0 Å². The minimum absolute atomic E-state index is 0.162. The largest absolute Gasteiger partial charge is 0.422 e. The van der Waals surface area contributed by atoms with Gasteiger partial charge < -0.3 is 15.1 Å². The zero-order valence-corrected chi connectivity index (χ0v) is 16.0. The van der Waals surface area contributed by atoms with Crippen LogP contribution in [0.2, 0.25) is 0 Å². The first-order valence-corrected chi connectivity index (χ1v) is 9.75. The van der Waals surface area contributed by atoms with Gasteiger partial charge in [-0.05, 0) is 42.7 Å². The lowest BCUT2D eigenvalue weighted by Gasteiger charge is -2.23. The quantitative estimate of drug-likeness (QED) is 0.695. The number of hydrogen-bond acceptors (Lipinski definition) is 4. The summed E-state index contributed by atoms with van der Waals surface area (Å²) < 4.78 is 5.42. The van der Waals surface area contributed by atoms with Crippen LogP contribution in [0.15, 0.2) is 63.8 Å². The van der Waals surface area contributed by atoms with Crippen LogP contribution in [-0.4, -0.2) is 29.8 Å². The van der Waals surface area contributed by atoms with Gasteiger partial charge in [0.05, 0.1) is 11.5 Å². The van der Waals surface area contributed by atoms with Crippen molar-refractivity contribution in [3.05, 3.63) is 70.6 Å². The van der Waals surface area contributed by atoms with Gasteiger partial charge in [-0.1, -0.05) is 36.8 Å². The van der Waals surface area contributed by atoms with E-state index in [-0.39, 0.29) is 17.7 Å². The van der Waals surface area contributed by atoms with Crippen molar-refractivity contribution in [3.8, 4) is 11.1 Å². The topological polar surface area (TPSA) is 93.6 Å². The number of fused-ring (bicyclic) bond motifs is 1. The van der Waals surface area contributed by atoms with Crippen LogP contribution in [-0.2, 0) is 4.79 Å². The normalized spacial score (nSPS) is 17.1. The summed E-state index contributed by atoms with van der Waals surface area (Å²) in [5.41, 5.74) is 7.06. The van der Waals surface area contributed by atoms with Crippen molar-refractivity contribution in [1.29, 1.82) is 0 Å². The fourth-order valence-electron chi connectivity index (χ4n) is 3.82. The molecule has 2 amide bonds. The van der Waals surface area contributed by atoms with Crippen molar-refractivity contribution in [2.75, 3.05) is 13.1 Å². The van der Waals surface area contributed by atoms with E-state index in [0.29, 0.717) is 41.8 Å². The van der Waals surface area contributed by atoms with Gasteiger partial charge in [0, 0.05) is 24.0 Å². The Bertz CT molecular complexity index is 1130. The lowest BCUT2D eigenvalue weighted by atomic mass is 10.0. The number of carbonyl (C=O) groups excluding carboxylic acids is 2. The molecule has 0 aliphatic carbocycles. The highest BCUT2D eigenvalue weighted by molar-refractivity contribution is 5.96. The molecule has 2 aromatic carbocycles. The van der Waals surface area contributed by atoms with E-state index in [1.807, 2.05) is 18.2 Å². The molecule has 1 aliphatic rings. The average Bonchev–Trinajstić information content (AvgIpc) is 2.99. The van der Waals surface area contributed by atoms with Gasteiger partial charge in [0.25, 0.3) is 5.91 Å². The highest BCUT2D eigenvalue weighted by Gasteiger charge is 2.26. The average molecular weight is 390 g/mol. The van der Waals surface area contributed by atoms with Gasteiger partial charge in [0.2, 0.25) is 5.91 Å². The van der Waals surface area contributed by atoms with Gasteiger partial charge in [-0.2, -0.15) is 0 Å². The number of benzene rings is 2. The number of amides is 2. The summed E-state index contributed by atoms with van der Waals surface area (Å²) in [7, 11) is 0. The summed E-state index contributed by atoms with van der Waals surface area (Å²) in [5.74, 6) is -0.852. The molecule has 1 fully saturated rings. The summed E-state index contributed by atoms with van der Waals surface area (Å²) in [6, 6.07) is 16.0. The number of hydrogen-bond donors (Lipinski definition) is 1. The molecule has 2 heterocycles. The molecule has 1 aliphatic heterocycles. The maximum atomic E-state index is 13.1. The van der Waals surface area contributed by atoms with Gasteiger partial charge in [0.15, 0.2) is 0 Å². The van der Waals surface area contributed by atoms with Crippen LogP contribution < -0.4 is 11.4 Å². The Labute approximate surface area is 167 Å². The van der Waals surface area contributed by atoms with E-state index in [1.165, 1.54) is 0 Å². The molecule has 0 radical (unpaired) electrons. The Morgan fingerprint density at radius 1 is 1.03 bits per heavy atom. The predicted octanol–water partition coefficient (Wildman–Crippen LogP) is 3.19. The molecule has 148 valence electrons. The Morgan fingerprint density at radius 2 is 1.86 bits per heavy atom. The first-order chi connectivity index (χ1) is 14.0. The van der Waals surface area contributed by atoms with Gasteiger partial charge in [-0.3, -0.25) is 9.59 Å². The van der Waals surface area contributed by atoms with Crippen molar-refractivity contribution in [2.24, 2.45) is 11.7 Å². The fraction of sp³-hybridized carbons (Fsp3) is 0.261. The maximum absolute atomic E-state index is 13.1. The molecule has 29 heavy (non-hydrogen) atoms. The Hall–Kier alpha value is -3.41. The third kappa shape index (κ3) is 3.92. The van der Waals surface area contributed by atoms with Crippen molar-refractivity contribution >= 4 is 22.8 Å². The number of para-hydroxylation sites is 1. The second kappa shape index (κ2) is 7.91. The molecule has 6 heteroatoms. The number of rotatable bonds is 3. The summed E-state index contributed by atoms with van der Waals surface area (Å²) in [6.07, 6.45) is 2.41. The lowest BCUT2D eigenvalue weighted by molar-refractivity contribution is -0.122. The minimum atomic E-state index is -0.447. The molecule has 3 aromatic rings. The molecule has 4 rings (SSSR count). The molecule has 0 spiro atoms. The van der Waals surface area contributed by atoms with Crippen LogP contribution in [0.25, 0.3) is 22.1 Å². The maximum Gasteiger partial charge on any atom is 0.344 e. The number of likely N-dealkylation sites (tertiary alicyclic amines) is 1. The van der Waals surface area contributed by atoms with Gasteiger partial charge in [0.1, 0.15) is 5.58 Å². The van der Waals surface area contributed by atoms with E-state index in [0.717, 1.165) is 18.2 Å². The lowest BCUT2D eigenvalue weighted by Crippen LogP contribution is -2.38. The second-order valence-electron chi connectivity index (χ2n) is 7.41.